The van der Waals surface area contributed by atoms with E-state index in [1.54, 1.807) is 49.4 Å². The normalized spacial score (nSPS) is 14.2. The number of ether oxygens (including phenoxy) is 1. The number of carbonyl (C=O) groups excluding carboxylic acids is 2. The van der Waals surface area contributed by atoms with Gasteiger partial charge >= 0.3 is 5.91 Å². The van der Waals surface area contributed by atoms with Gasteiger partial charge in [-0.3, -0.25) is 20.4 Å². The van der Waals surface area contributed by atoms with Crippen molar-refractivity contribution in [1.29, 1.82) is 0 Å². The summed E-state index contributed by atoms with van der Waals surface area (Å²) in [7, 11) is -2.31. The molecule has 0 spiro atoms. The number of aryl methyl sites for hydroxylation is 1. The highest BCUT2D eigenvalue weighted by atomic mass is 32.2. The van der Waals surface area contributed by atoms with Gasteiger partial charge in [0.05, 0.1) is 17.7 Å². The van der Waals surface area contributed by atoms with Crippen molar-refractivity contribution in [2.24, 2.45) is 5.10 Å². The lowest BCUT2D eigenvalue weighted by Crippen LogP contribution is -2.41. The van der Waals surface area contributed by atoms with Crippen molar-refractivity contribution >= 4 is 27.5 Å². The van der Waals surface area contributed by atoms with Crippen molar-refractivity contribution < 1.29 is 27.2 Å². The number of sulfonamides is 1. The minimum Gasteiger partial charge on any atom is -0.497 e. The summed E-state index contributed by atoms with van der Waals surface area (Å²) in [5.74, 6) is 0.0185. The molecule has 1 aliphatic rings. The summed E-state index contributed by atoms with van der Waals surface area (Å²) in [6.45, 7) is 1.69. The van der Waals surface area contributed by atoms with Gasteiger partial charge in [0.25, 0.3) is 15.9 Å². The first-order chi connectivity index (χ1) is 16.8. The van der Waals surface area contributed by atoms with E-state index in [0.717, 1.165) is 0 Å². The van der Waals surface area contributed by atoms with E-state index in [-0.39, 0.29) is 10.7 Å². The number of rotatable bonds is 6. The van der Waals surface area contributed by atoms with Gasteiger partial charge in [-0.05, 0) is 56.2 Å². The minimum atomic E-state index is -3.84. The molecule has 35 heavy (non-hydrogen) atoms. The molecule has 0 unspecified atom stereocenters. The number of hydrazine groups is 1. The van der Waals surface area contributed by atoms with E-state index in [4.69, 9.17) is 9.15 Å². The summed E-state index contributed by atoms with van der Waals surface area (Å²) < 4.78 is 35.9. The molecule has 0 bridgehead atoms. The van der Waals surface area contributed by atoms with Crippen LogP contribution in [0.4, 0.5) is 0 Å². The van der Waals surface area contributed by atoms with Gasteiger partial charge in [0, 0.05) is 23.1 Å². The molecule has 0 radical (unpaired) electrons. The third-order valence-corrected chi connectivity index (χ3v) is 6.75. The van der Waals surface area contributed by atoms with Crippen LogP contribution in [-0.2, 0) is 16.4 Å². The van der Waals surface area contributed by atoms with Crippen LogP contribution >= 0.6 is 0 Å². The molecule has 182 valence electrons. The summed E-state index contributed by atoms with van der Waals surface area (Å²) >= 11 is 0. The molecule has 1 heterocycles. The number of hydrogen-bond donors (Lipinski definition) is 3. The van der Waals surface area contributed by atoms with Gasteiger partial charge in [-0.1, -0.05) is 18.2 Å². The summed E-state index contributed by atoms with van der Waals surface area (Å²) in [5.41, 5.74) is 6.63. The number of fused-ring (bicyclic) bond motifs is 1. The average Bonchev–Trinajstić information content (AvgIpc) is 3.23. The fraction of sp³-hybridized carbons (Fsp3) is 0.208. The van der Waals surface area contributed by atoms with Crippen LogP contribution in [0, 0.1) is 6.92 Å². The molecule has 2 aromatic carbocycles. The topological polar surface area (TPSA) is 139 Å². The van der Waals surface area contributed by atoms with Crippen molar-refractivity contribution in [3.8, 4) is 5.75 Å². The Kier molecular flexibility index (Phi) is 6.87. The van der Waals surface area contributed by atoms with Crippen LogP contribution in [0.1, 0.15) is 50.6 Å². The molecule has 0 aliphatic heterocycles. The Balaban J connectivity index is 1.49. The Labute approximate surface area is 202 Å². The van der Waals surface area contributed by atoms with Gasteiger partial charge in [0.2, 0.25) is 0 Å². The van der Waals surface area contributed by atoms with Gasteiger partial charge in [-0.15, -0.1) is 0 Å². The summed E-state index contributed by atoms with van der Waals surface area (Å²) in [6, 6.07) is 14.3. The molecule has 0 fully saturated rings. The fourth-order valence-electron chi connectivity index (χ4n) is 3.75. The lowest BCUT2D eigenvalue weighted by Gasteiger charge is -2.14. The van der Waals surface area contributed by atoms with Crippen molar-refractivity contribution in [1.82, 2.24) is 15.7 Å². The van der Waals surface area contributed by atoms with E-state index in [1.807, 2.05) is 0 Å². The quantitative estimate of drug-likeness (QED) is 0.449. The van der Waals surface area contributed by atoms with Crippen molar-refractivity contribution in [3.63, 3.8) is 0 Å². The van der Waals surface area contributed by atoms with E-state index < -0.39 is 21.8 Å². The average molecular weight is 497 g/mol. The second kappa shape index (κ2) is 10.0. The molecule has 3 aromatic rings. The van der Waals surface area contributed by atoms with Crippen LogP contribution in [0.25, 0.3) is 0 Å². The molecular formula is C24H24N4O6S. The Hall–Kier alpha value is -4.12. The smallest absolute Gasteiger partial charge is 0.305 e. The highest BCUT2D eigenvalue weighted by Crippen LogP contribution is 2.30. The predicted octanol–water partition coefficient (Wildman–Crippen LogP) is 2.69. The van der Waals surface area contributed by atoms with Gasteiger partial charge in [-0.2, -0.15) is 18.4 Å². The largest absolute Gasteiger partial charge is 0.497 e. The molecule has 11 heteroatoms. The highest BCUT2D eigenvalue weighted by molar-refractivity contribution is 7.89. The maximum absolute atomic E-state index is 12.7. The maximum atomic E-state index is 12.7. The van der Waals surface area contributed by atoms with Crippen LogP contribution in [0.15, 0.2) is 69.0 Å². The van der Waals surface area contributed by atoms with Crippen molar-refractivity contribution in [2.45, 2.75) is 31.1 Å². The third kappa shape index (κ3) is 5.19. The Morgan fingerprint density at radius 1 is 0.971 bits per heavy atom. The summed E-state index contributed by atoms with van der Waals surface area (Å²) in [4.78, 5) is 27.4. The summed E-state index contributed by atoms with van der Waals surface area (Å²) in [6.07, 6.45) is 1.77. The fourth-order valence-corrected chi connectivity index (χ4v) is 4.60. The lowest BCUT2D eigenvalue weighted by molar-refractivity contribution is 0.0829. The number of hydrazone groups is 1. The molecule has 0 saturated heterocycles. The molecule has 0 atom stereocenters. The van der Waals surface area contributed by atoms with Crippen LogP contribution in [0.2, 0.25) is 0 Å². The zero-order chi connectivity index (χ0) is 25.0. The number of nitrogens with zero attached hydrogens (tertiary/aromatic N) is 1. The van der Waals surface area contributed by atoms with E-state index in [1.165, 1.54) is 19.2 Å². The van der Waals surface area contributed by atoms with Crippen molar-refractivity contribution in [2.75, 3.05) is 7.11 Å². The number of benzene rings is 2. The molecule has 1 aliphatic carbocycles. The second-order valence-corrected chi connectivity index (χ2v) is 9.47. The molecule has 2 amide bonds. The standard InChI is InChI=1S/C24H24N4O6S/c1-15-21-19(25-28-35(31,32)18-7-4-3-5-8-18)9-6-10-20(21)34-22(15)24(30)27-26-23(29)16-11-13-17(33-2)14-12-16/h3-5,7-8,11-14,28H,6,9-10H2,1-2H3,(H,26,29)(H,27,30)/b25-19+. The highest BCUT2D eigenvalue weighted by Gasteiger charge is 2.28. The first kappa shape index (κ1) is 24.0. The zero-order valence-corrected chi connectivity index (χ0v) is 19.9. The Morgan fingerprint density at radius 3 is 2.34 bits per heavy atom. The molecule has 3 N–H and O–H groups in total. The van der Waals surface area contributed by atoms with E-state index >= 15 is 0 Å². The SMILES string of the molecule is COc1ccc(C(=O)NNC(=O)c2oc3c(c2C)/C(=N/NS(=O)(=O)c2ccccc2)CCC3)cc1. The first-order valence-corrected chi connectivity index (χ1v) is 12.3. The monoisotopic (exact) mass is 496 g/mol. The number of methoxy groups -OCH3 is 1. The van der Waals surface area contributed by atoms with Crippen LogP contribution in [0.3, 0.4) is 0 Å². The second-order valence-electron chi connectivity index (χ2n) is 7.81. The Morgan fingerprint density at radius 2 is 1.66 bits per heavy atom. The van der Waals surface area contributed by atoms with Gasteiger partial charge in [0.1, 0.15) is 11.5 Å². The van der Waals surface area contributed by atoms with Crippen LogP contribution in [0.5, 0.6) is 5.75 Å². The van der Waals surface area contributed by atoms with Gasteiger partial charge in [0.15, 0.2) is 5.76 Å². The number of carbonyl (C=O) groups is 2. The summed E-state index contributed by atoms with van der Waals surface area (Å²) in [5, 5.41) is 4.14. The van der Waals surface area contributed by atoms with E-state index in [9.17, 15) is 18.0 Å². The molecule has 10 nitrogen and oxygen atoms in total. The van der Waals surface area contributed by atoms with Gasteiger partial charge in [-0.25, -0.2) is 0 Å². The minimum absolute atomic E-state index is 0.0190. The molecule has 1 aromatic heterocycles. The number of nitrogens with one attached hydrogen (secondary N) is 3. The lowest BCUT2D eigenvalue weighted by atomic mass is 9.93. The number of amides is 2. The Bertz CT molecular complexity index is 1380. The third-order valence-electron chi connectivity index (χ3n) is 5.53. The molecule has 0 saturated carbocycles. The van der Waals surface area contributed by atoms with Crippen LogP contribution in [-0.4, -0.2) is 33.1 Å². The zero-order valence-electron chi connectivity index (χ0n) is 19.1. The molecular weight excluding hydrogens is 472 g/mol. The van der Waals surface area contributed by atoms with Gasteiger partial charge < -0.3 is 9.15 Å². The molecule has 4 rings (SSSR count). The number of hydrogen-bond acceptors (Lipinski definition) is 7. The predicted molar refractivity (Wildman–Crippen MR) is 128 cm³/mol. The van der Waals surface area contributed by atoms with Crippen LogP contribution < -0.4 is 20.4 Å². The first-order valence-electron chi connectivity index (χ1n) is 10.8. The maximum Gasteiger partial charge on any atom is 0.305 e. The van der Waals surface area contributed by atoms with Crippen molar-refractivity contribution in [3.05, 3.63) is 82.8 Å². The van der Waals surface area contributed by atoms with E-state index in [0.29, 0.717) is 53.2 Å². The number of furan rings is 1. The van der Waals surface area contributed by atoms with E-state index in [2.05, 4.69) is 20.8 Å².